The molecule has 5 heteroatoms. The summed E-state index contributed by atoms with van der Waals surface area (Å²) in [6.07, 6.45) is -0.649. The summed E-state index contributed by atoms with van der Waals surface area (Å²) in [5, 5.41) is 18.0. The van der Waals surface area contributed by atoms with Crippen LogP contribution in [0.1, 0.15) is 52.5 Å². The van der Waals surface area contributed by atoms with E-state index < -0.39 is 6.10 Å². The Labute approximate surface area is 105 Å². The molecule has 0 saturated carbocycles. The molecule has 1 aromatic rings. The molecule has 4 nitrogen and oxygen atoms in total. The van der Waals surface area contributed by atoms with Crippen molar-refractivity contribution in [2.75, 3.05) is 0 Å². The van der Waals surface area contributed by atoms with Crippen molar-refractivity contribution in [1.82, 2.24) is 10.2 Å². The van der Waals surface area contributed by atoms with Crippen LogP contribution in [0.5, 0.6) is 0 Å². The molecule has 1 heterocycles. The summed E-state index contributed by atoms with van der Waals surface area (Å²) in [7, 11) is 0. The molecule has 0 aliphatic carbocycles. The van der Waals surface area contributed by atoms with E-state index in [1.807, 2.05) is 20.8 Å². The average Bonchev–Trinajstić information content (AvgIpc) is 2.63. The van der Waals surface area contributed by atoms with Gasteiger partial charge in [-0.3, -0.25) is 0 Å². The second-order valence-corrected chi connectivity index (χ2v) is 7.08. The Morgan fingerprint density at radius 1 is 1.25 bits per heavy atom. The minimum absolute atomic E-state index is 0.167. The summed E-state index contributed by atoms with van der Waals surface area (Å²) in [6, 6.07) is 0. The monoisotopic (exact) mass is 288 g/mol. The Morgan fingerprint density at radius 2 is 1.81 bits per heavy atom. The number of hydrogen-bond acceptors (Lipinski definition) is 4. The van der Waals surface area contributed by atoms with E-state index in [9.17, 15) is 5.11 Å². The fraction of sp³-hybridized carbons (Fsp3) is 0.818. The Hall–Kier alpha value is -0.342. The summed E-state index contributed by atoms with van der Waals surface area (Å²) in [4.78, 5) is 0. The first kappa shape index (κ1) is 13.7. The van der Waals surface area contributed by atoms with Crippen molar-refractivity contribution in [2.24, 2.45) is 5.92 Å². The molecule has 0 fully saturated rings. The Kier molecular flexibility index (Phi) is 4.19. The Balaban J connectivity index is 2.86. The van der Waals surface area contributed by atoms with Crippen molar-refractivity contribution in [3.05, 3.63) is 11.8 Å². The van der Waals surface area contributed by atoms with E-state index in [1.54, 1.807) is 0 Å². The predicted octanol–water partition coefficient (Wildman–Crippen LogP) is 1.48. The van der Waals surface area contributed by atoms with Crippen LogP contribution < -0.4 is 0 Å². The number of aliphatic hydroxyl groups excluding tert-OH is 1. The van der Waals surface area contributed by atoms with Crippen molar-refractivity contribution in [3.8, 4) is 0 Å². The molecule has 0 bridgehead atoms. The van der Waals surface area contributed by atoms with Crippen molar-refractivity contribution < 1.29 is 9.52 Å². The van der Waals surface area contributed by atoms with Crippen LogP contribution in [-0.2, 0) is 5.41 Å². The molecule has 3 unspecified atom stereocenters. The predicted molar refractivity (Wildman–Crippen MR) is 65.1 cm³/mol. The molecular formula is C11H21AsN2O2. The van der Waals surface area contributed by atoms with Gasteiger partial charge in [0.15, 0.2) is 0 Å². The average molecular weight is 288 g/mol. The van der Waals surface area contributed by atoms with Crippen LogP contribution in [0.25, 0.3) is 0 Å². The fourth-order valence-electron chi connectivity index (χ4n) is 1.19. The van der Waals surface area contributed by atoms with Gasteiger partial charge in [-0.05, 0) is 0 Å². The zero-order valence-electron chi connectivity index (χ0n) is 10.6. The third-order valence-corrected chi connectivity index (χ3v) is 4.85. The number of aromatic nitrogens is 2. The van der Waals surface area contributed by atoms with Gasteiger partial charge in [0.1, 0.15) is 0 Å². The maximum absolute atomic E-state index is 10.1. The minimum atomic E-state index is -0.649. The van der Waals surface area contributed by atoms with Gasteiger partial charge in [0, 0.05) is 0 Å². The molecule has 1 N–H and O–H groups in total. The fourth-order valence-corrected chi connectivity index (χ4v) is 1.53. The maximum atomic E-state index is 10.1. The summed E-state index contributed by atoms with van der Waals surface area (Å²) >= 11 is 1.50. The third-order valence-electron chi connectivity index (χ3n) is 2.47. The zero-order valence-corrected chi connectivity index (χ0v) is 13.0. The van der Waals surface area contributed by atoms with Gasteiger partial charge in [-0.15, -0.1) is 0 Å². The van der Waals surface area contributed by atoms with Crippen LogP contribution in [0.15, 0.2) is 4.42 Å². The zero-order chi connectivity index (χ0) is 12.5. The molecule has 0 aliphatic rings. The standard InChI is InChI=1S/C11H21AsN2O2/c1-6(2)7(12)8(15)9-13-14-10(16-9)11(3,4)5/h6-8,15H,12H2,1-5H3. The van der Waals surface area contributed by atoms with Crippen molar-refractivity contribution >= 4 is 16.9 Å². The number of aliphatic hydroxyl groups is 1. The first-order chi connectivity index (χ1) is 7.23. The summed E-state index contributed by atoms with van der Waals surface area (Å²) in [5.74, 6) is 1.32. The summed E-state index contributed by atoms with van der Waals surface area (Å²) in [6.45, 7) is 10.2. The van der Waals surface area contributed by atoms with Gasteiger partial charge in [0.2, 0.25) is 0 Å². The van der Waals surface area contributed by atoms with E-state index in [1.165, 1.54) is 16.9 Å². The summed E-state index contributed by atoms with van der Waals surface area (Å²) < 4.78 is 5.69. The topological polar surface area (TPSA) is 59.2 Å². The first-order valence-electron chi connectivity index (χ1n) is 5.51. The van der Waals surface area contributed by atoms with Crippen LogP contribution in [0.3, 0.4) is 0 Å². The SMILES string of the molecule is CC(C)C([AsH2])C(O)c1nnc(C(C)(C)C)o1. The Morgan fingerprint density at radius 3 is 2.19 bits per heavy atom. The van der Waals surface area contributed by atoms with E-state index in [0.717, 1.165) is 0 Å². The van der Waals surface area contributed by atoms with Gasteiger partial charge in [-0.2, -0.15) is 0 Å². The van der Waals surface area contributed by atoms with Crippen molar-refractivity contribution in [2.45, 2.75) is 50.8 Å². The molecule has 0 saturated heterocycles. The van der Waals surface area contributed by atoms with Crippen LogP contribution in [0.2, 0.25) is 4.71 Å². The first-order valence-corrected chi connectivity index (χ1v) is 6.91. The quantitative estimate of drug-likeness (QED) is 0.856. The molecule has 16 heavy (non-hydrogen) atoms. The van der Waals surface area contributed by atoms with Gasteiger partial charge < -0.3 is 0 Å². The molecule has 0 spiro atoms. The van der Waals surface area contributed by atoms with Crippen LogP contribution in [0.4, 0.5) is 0 Å². The molecule has 1 rings (SSSR count). The van der Waals surface area contributed by atoms with E-state index >= 15 is 0 Å². The molecule has 1 aromatic heterocycles. The third kappa shape index (κ3) is 3.08. The molecule has 0 radical (unpaired) electrons. The van der Waals surface area contributed by atoms with Gasteiger partial charge in [-0.25, -0.2) is 0 Å². The number of rotatable bonds is 3. The Bertz CT molecular complexity index is 344. The van der Waals surface area contributed by atoms with Crippen molar-refractivity contribution in [1.29, 1.82) is 0 Å². The van der Waals surface area contributed by atoms with Crippen LogP contribution >= 0.6 is 0 Å². The molecule has 0 amide bonds. The van der Waals surface area contributed by atoms with Gasteiger partial charge in [-0.1, -0.05) is 0 Å². The van der Waals surface area contributed by atoms with Gasteiger partial charge in [0.05, 0.1) is 0 Å². The van der Waals surface area contributed by atoms with E-state index in [4.69, 9.17) is 4.42 Å². The number of hydrogen-bond donors (Lipinski definition) is 1. The molecule has 0 aliphatic heterocycles. The second-order valence-electron chi connectivity index (χ2n) is 5.46. The van der Waals surface area contributed by atoms with E-state index in [2.05, 4.69) is 24.0 Å². The molecule has 92 valence electrons. The van der Waals surface area contributed by atoms with E-state index in [-0.39, 0.29) is 10.1 Å². The van der Waals surface area contributed by atoms with E-state index in [0.29, 0.717) is 17.7 Å². The molecule has 3 atom stereocenters. The summed E-state index contributed by atoms with van der Waals surface area (Å²) in [5.41, 5.74) is -0.169. The van der Waals surface area contributed by atoms with Crippen molar-refractivity contribution in [3.63, 3.8) is 0 Å². The second kappa shape index (κ2) is 4.89. The molecular weight excluding hydrogens is 267 g/mol. The van der Waals surface area contributed by atoms with Gasteiger partial charge >= 0.3 is 105 Å². The normalized spacial score (nSPS) is 16.5. The van der Waals surface area contributed by atoms with Crippen LogP contribution in [0, 0.1) is 5.92 Å². The molecule has 0 aromatic carbocycles. The van der Waals surface area contributed by atoms with Gasteiger partial charge in [0.25, 0.3) is 0 Å². The number of nitrogens with zero attached hydrogens (tertiary/aromatic N) is 2. The van der Waals surface area contributed by atoms with Crippen LogP contribution in [-0.4, -0.2) is 32.2 Å².